The zero-order valence-electron chi connectivity index (χ0n) is 13.2. The first kappa shape index (κ1) is 17.7. The molecule has 1 amide bonds. The van der Waals surface area contributed by atoms with Gasteiger partial charge in [0.1, 0.15) is 5.75 Å². The van der Waals surface area contributed by atoms with Crippen molar-refractivity contribution in [2.24, 2.45) is 5.41 Å². The Morgan fingerprint density at radius 1 is 1.39 bits per heavy atom. The predicted octanol–water partition coefficient (Wildman–Crippen LogP) is 3.41. The van der Waals surface area contributed by atoms with Crippen LogP contribution in [0.1, 0.15) is 50.7 Å². The number of hydrogen-bond donors (Lipinski definition) is 2. The van der Waals surface area contributed by atoms with Crippen LogP contribution in [0.3, 0.4) is 0 Å². The van der Waals surface area contributed by atoms with Gasteiger partial charge in [-0.1, -0.05) is 31.9 Å². The first-order chi connectivity index (χ1) is 11.0. The number of carbonyl (C=O) groups excluding carboxylic acids is 1. The van der Waals surface area contributed by atoms with E-state index >= 15 is 0 Å². The monoisotopic (exact) mass is 327 g/mol. The number of rotatable bonds is 7. The van der Waals surface area contributed by atoms with Gasteiger partial charge in [-0.15, -0.1) is 0 Å². The number of benzene rings is 1. The van der Waals surface area contributed by atoms with E-state index in [9.17, 15) is 18.7 Å². The normalized spacial score (nSPS) is 18.0. The summed E-state index contributed by atoms with van der Waals surface area (Å²) in [6.07, 6.45) is 3.68. The molecule has 0 saturated heterocycles. The molecule has 4 nitrogen and oxygen atoms in total. The summed E-state index contributed by atoms with van der Waals surface area (Å²) in [6.45, 7) is -0.848. The molecule has 128 valence electrons. The molecule has 2 rings (SSSR count). The van der Waals surface area contributed by atoms with Gasteiger partial charge in [0, 0.05) is 12.0 Å². The van der Waals surface area contributed by atoms with Gasteiger partial charge in [0.05, 0.1) is 6.10 Å². The lowest BCUT2D eigenvalue weighted by Gasteiger charge is -2.26. The minimum absolute atomic E-state index is 0.0105. The number of carbonyl (C=O) groups is 1. The number of aliphatic hydroxyl groups excluding tert-OH is 1. The van der Waals surface area contributed by atoms with Crippen molar-refractivity contribution in [3.8, 4) is 5.75 Å². The van der Waals surface area contributed by atoms with E-state index in [1.165, 1.54) is 18.2 Å². The van der Waals surface area contributed by atoms with Crippen LogP contribution < -0.4 is 10.1 Å². The molecule has 1 aliphatic carbocycles. The molecule has 1 saturated carbocycles. The van der Waals surface area contributed by atoms with Crippen LogP contribution in [0.15, 0.2) is 24.3 Å². The lowest BCUT2D eigenvalue weighted by molar-refractivity contribution is -0.131. The molecule has 0 aliphatic heterocycles. The lowest BCUT2D eigenvalue weighted by Crippen LogP contribution is -2.40. The van der Waals surface area contributed by atoms with Gasteiger partial charge in [0.2, 0.25) is 5.91 Å². The lowest BCUT2D eigenvalue weighted by atomic mass is 9.82. The van der Waals surface area contributed by atoms with Gasteiger partial charge in [0.25, 0.3) is 0 Å². The van der Waals surface area contributed by atoms with Crippen molar-refractivity contribution in [2.75, 3.05) is 6.54 Å². The van der Waals surface area contributed by atoms with E-state index in [-0.39, 0.29) is 23.6 Å². The summed E-state index contributed by atoms with van der Waals surface area (Å²) in [5.41, 5.74) is 0.112. The first-order valence-electron chi connectivity index (χ1n) is 7.98. The highest BCUT2D eigenvalue weighted by Crippen LogP contribution is 2.41. The second kappa shape index (κ2) is 7.73. The minimum atomic E-state index is -2.91. The number of alkyl halides is 2. The quantitative estimate of drug-likeness (QED) is 0.807. The van der Waals surface area contributed by atoms with E-state index in [1.807, 2.05) is 6.92 Å². The van der Waals surface area contributed by atoms with Gasteiger partial charge in [-0.3, -0.25) is 4.79 Å². The molecule has 0 aromatic heterocycles. The van der Waals surface area contributed by atoms with E-state index in [0.717, 1.165) is 32.1 Å². The highest BCUT2D eigenvalue weighted by atomic mass is 19.3. The van der Waals surface area contributed by atoms with Crippen LogP contribution in [0.4, 0.5) is 8.78 Å². The largest absolute Gasteiger partial charge is 0.435 e. The molecule has 1 aromatic carbocycles. The summed E-state index contributed by atoms with van der Waals surface area (Å²) in [6, 6.07) is 5.89. The van der Waals surface area contributed by atoms with Gasteiger partial charge in [-0.25, -0.2) is 0 Å². The Balaban J connectivity index is 1.94. The second-order valence-electron chi connectivity index (χ2n) is 6.02. The molecule has 1 unspecified atom stereocenters. The Hall–Kier alpha value is -1.69. The Morgan fingerprint density at radius 3 is 2.70 bits per heavy atom. The fraction of sp³-hybridized carbons (Fsp3) is 0.588. The number of ether oxygens (including phenoxy) is 1. The molecule has 1 atom stereocenters. The summed E-state index contributed by atoms with van der Waals surface area (Å²) in [7, 11) is 0. The smallest absolute Gasteiger partial charge is 0.387 e. The molecule has 1 aromatic rings. The third kappa shape index (κ3) is 4.41. The molecule has 23 heavy (non-hydrogen) atoms. The van der Waals surface area contributed by atoms with Crippen molar-refractivity contribution in [1.29, 1.82) is 0 Å². The van der Waals surface area contributed by atoms with E-state index in [0.29, 0.717) is 5.56 Å². The summed E-state index contributed by atoms with van der Waals surface area (Å²) < 4.78 is 28.8. The van der Waals surface area contributed by atoms with Gasteiger partial charge >= 0.3 is 6.61 Å². The zero-order chi connectivity index (χ0) is 16.9. The molecular formula is C17H23F2NO3. The van der Waals surface area contributed by atoms with Crippen LogP contribution >= 0.6 is 0 Å². The van der Waals surface area contributed by atoms with Crippen molar-refractivity contribution in [3.05, 3.63) is 29.8 Å². The number of aliphatic hydroxyl groups is 1. The summed E-state index contributed by atoms with van der Waals surface area (Å²) in [5.74, 6) is -0.0415. The molecule has 1 aliphatic rings. The highest BCUT2D eigenvalue weighted by molar-refractivity contribution is 5.82. The Kier molecular flexibility index (Phi) is 5.93. The minimum Gasteiger partial charge on any atom is -0.435 e. The summed E-state index contributed by atoms with van der Waals surface area (Å²) >= 11 is 0. The summed E-state index contributed by atoms with van der Waals surface area (Å²) in [5, 5.41) is 13.0. The molecule has 6 heteroatoms. The Bertz CT molecular complexity index is 530. The standard InChI is InChI=1S/C17H23F2NO3/c1-2-17(8-3-4-9-17)15(22)20-11-14(21)12-6-5-7-13(10-12)23-16(18)19/h5-7,10,14,16,21H,2-4,8-9,11H2,1H3,(H,20,22). The van der Waals surface area contributed by atoms with Gasteiger partial charge in [0.15, 0.2) is 0 Å². The molecule has 0 radical (unpaired) electrons. The van der Waals surface area contributed by atoms with Crippen molar-refractivity contribution in [1.82, 2.24) is 5.32 Å². The molecule has 0 heterocycles. The maximum absolute atomic E-state index is 12.4. The summed E-state index contributed by atoms with van der Waals surface area (Å²) in [4.78, 5) is 12.4. The topological polar surface area (TPSA) is 58.6 Å². The van der Waals surface area contributed by atoms with Crippen molar-refractivity contribution in [2.45, 2.75) is 51.7 Å². The van der Waals surface area contributed by atoms with E-state index in [2.05, 4.69) is 10.1 Å². The molecule has 0 bridgehead atoms. The van der Waals surface area contributed by atoms with Crippen LogP contribution in [0.2, 0.25) is 0 Å². The van der Waals surface area contributed by atoms with Crippen LogP contribution in [0.5, 0.6) is 5.75 Å². The predicted molar refractivity (Wildman–Crippen MR) is 82.2 cm³/mol. The maximum Gasteiger partial charge on any atom is 0.387 e. The highest BCUT2D eigenvalue weighted by Gasteiger charge is 2.39. The fourth-order valence-corrected chi connectivity index (χ4v) is 3.19. The van der Waals surface area contributed by atoms with E-state index in [4.69, 9.17) is 0 Å². The van der Waals surface area contributed by atoms with Crippen LogP contribution in [-0.2, 0) is 4.79 Å². The number of hydrogen-bond acceptors (Lipinski definition) is 3. The maximum atomic E-state index is 12.4. The fourth-order valence-electron chi connectivity index (χ4n) is 3.19. The van der Waals surface area contributed by atoms with Gasteiger partial charge in [-0.05, 0) is 37.0 Å². The number of nitrogens with one attached hydrogen (secondary N) is 1. The zero-order valence-corrected chi connectivity index (χ0v) is 13.2. The third-order valence-corrected chi connectivity index (χ3v) is 4.64. The average Bonchev–Trinajstić information content (AvgIpc) is 3.02. The van der Waals surface area contributed by atoms with Crippen LogP contribution in [0, 0.1) is 5.41 Å². The van der Waals surface area contributed by atoms with Crippen LogP contribution in [0.25, 0.3) is 0 Å². The number of halogens is 2. The molecule has 2 N–H and O–H groups in total. The molecule has 0 spiro atoms. The van der Waals surface area contributed by atoms with Gasteiger partial charge in [-0.2, -0.15) is 8.78 Å². The third-order valence-electron chi connectivity index (χ3n) is 4.64. The Labute approximate surface area is 134 Å². The molecule has 1 fully saturated rings. The van der Waals surface area contributed by atoms with E-state index in [1.54, 1.807) is 6.07 Å². The van der Waals surface area contributed by atoms with Crippen molar-refractivity contribution in [3.63, 3.8) is 0 Å². The SMILES string of the molecule is CCC1(C(=O)NCC(O)c2cccc(OC(F)F)c2)CCCC1. The average molecular weight is 327 g/mol. The second-order valence-corrected chi connectivity index (χ2v) is 6.02. The number of amides is 1. The van der Waals surface area contributed by atoms with E-state index < -0.39 is 12.7 Å². The molecular weight excluding hydrogens is 304 g/mol. The first-order valence-corrected chi connectivity index (χ1v) is 7.98. The Morgan fingerprint density at radius 2 is 2.09 bits per heavy atom. The van der Waals surface area contributed by atoms with Gasteiger partial charge < -0.3 is 15.2 Å². The van der Waals surface area contributed by atoms with Crippen molar-refractivity contribution < 1.29 is 23.4 Å². The van der Waals surface area contributed by atoms with Crippen molar-refractivity contribution >= 4 is 5.91 Å². The van der Waals surface area contributed by atoms with Crippen LogP contribution in [-0.4, -0.2) is 24.2 Å².